The second-order valence-corrected chi connectivity index (χ2v) is 15.8. The number of esters is 4. The number of hydrogen-bond donors (Lipinski definition) is 3. The average Bonchev–Trinajstić information content (AvgIpc) is 3.13. The van der Waals surface area contributed by atoms with Gasteiger partial charge in [-0.05, 0) is 115 Å². The predicted octanol–water partition coefficient (Wildman–Crippen LogP) is 6.65. The normalized spacial score (nSPS) is 25.0. The van der Waals surface area contributed by atoms with E-state index in [1.165, 1.54) is 0 Å². The molecule has 0 aromatic rings. The summed E-state index contributed by atoms with van der Waals surface area (Å²) in [5, 5.41) is 29.7. The minimum atomic E-state index is -1.14. The van der Waals surface area contributed by atoms with E-state index in [0.717, 1.165) is 51.4 Å². The molecule has 2 saturated carbocycles. The van der Waals surface area contributed by atoms with Crippen LogP contribution in [0, 0.1) is 35.5 Å². The van der Waals surface area contributed by atoms with Gasteiger partial charge in [0.05, 0.1) is 40.8 Å². The molecule has 12 nitrogen and oxygen atoms in total. The number of rotatable bonds is 20. The first-order chi connectivity index (χ1) is 25.2. The molecule has 3 aliphatic rings. The number of aliphatic hydroxyl groups excluding tert-OH is 2. The van der Waals surface area contributed by atoms with Crippen molar-refractivity contribution in [3.8, 4) is 0 Å². The fourth-order valence-electron chi connectivity index (χ4n) is 7.93. The van der Waals surface area contributed by atoms with Gasteiger partial charge in [0.2, 0.25) is 0 Å². The number of allylic oxidation sites excluding steroid dienone is 2. The molecule has 0 aliphatic heterocycles. The predicted molar refractivity (Wildman–Crippen MR) is 197 cm³/mol. The van der Waals surface area contributed by atoms with E-state index in [0.29, 0.717) is 56.1 Å². The fourth-order valence-corrected chi connectivity index (χ4v) is 7.93. The molecule has 3 N–H and O–H groups in total. The summed E-state index contributed by atoms with van der Waals surface area (Å²) >= 11 is 0. The van der Waals surface area contributed by atoms with Crippen LogP contribution >= 0.6 is 0 Å². The van der Waals surface area contributed by atoms with Crippen LogP contribution in [0.25, 0.3) is 0 Å². The van der Waals surface area contributed by atoms with Crippen LogP contribution in [0.4, 0.5) is 0 Å². The zero-order valence-electron chi connectivity index (χ0n) is 32.9. The largest absolute Gasteiger partial charge is 0.512 e. The fraction of sp³-hybridized carbons (Fsp3) is 0.805. The maximum Gasteiger partial charge on any atom is 0.310 e. The van der Waals surface area contributed by atoms with E-state index in [1.54, 1.807) is 26.0 Å². The lowest BCUT2D eigenvalue weighted by Gasteiger charge is -2.38. The maximum absolute atomic E-state index is 13.3. The Morgan fingerprint density at radius 1 is 0.660 bits per heavy atom. The molecule has 53 heavy (non-hydrogen) atoms. The molecule has 0 aromatic carbocycles. The molecule has 0 aromatic heterocycles. The number of carbonyl (C=O) groups is 4. The number of hydrogen-bond acceptors (Lipinski definition) is 12. The Labute approximate surface area is 316 Å². The molecule has 3 aliphatic carbocycles. The Morgan fingerprint density at radius 3 is 1.49 bits per heavy atom. The van der Waals surface area contributed by atoms with Gasteiger partial charge in [-0.1, -0.05) is 27.7 Å². The van der Waals surface area contributed by atoms with Crippen LogP contribution in [0.1, 0.15) is 131 Å². The summed E-state index contributed by atoms with van der Waals surface area (Å²) in [5.74, 6) is -2.34. The summed E-state index contributed by atoms with van der Waals surface area (Å²) in [5.41, 5.74) is -1.14. The highest BCUT2D eigenvalue weighted by Crippen LogP contribution is 2.40. The monoisotopic (exact) mass is 750 g/mol. The molecule has 0 radical (unpaired) electrons. The maximum atomic E-state index is 13.3. The first-order valence-corrected chi connectivity index (χ1v) is 20.0. The van der Waals surface area contributed by atoms with Gasteiger partial charge in [-0.3, -0.25) is 19.2 Å². The summed E-state index contributed by atoms with van der Waals surface area (Å²) < 4.78 is 28.2. The van der Waals surface area contributed by atoms with Crippen LogP contribution in [0.5, 0.6) is 0 Å². The van der Waals surface area contributed by atoms with Crippen molar-refractivity contribution in [1.82, 2.24) is 0 Å². The summed E-state index contributed by atoms with van der Waals surface area (Å²) in [7, 11) is 0. The first kappa shape index (κ1) is 44.3. The van der Waals surface area contributed by atoms with Gasteiger partial charge in [0.15, 0.2) is 0 Å². The highest BCUT2D eigenvalue weighted by atomic mass is 16.6. The van der Waals surface area contributed by atoms with Crippen LogP contribution in [0.3, 0.4) is 0 Å². The van der Waals surface area contributed by atoms with Gasteiger partial charge in [-0.2, -0.15) is 0 Å². The lowest BCUT2D eigenvalue weighted by Crippen LogP contribution is -2.38. The van der Waals surface area contributed by atoms with E-state index < -0.39 is 47.3 Å². The Kier molecular flexibility index (Phi) is 18.1. The Balaban J connectivity index is 1.39. The third-order valence-corrected chi connectivity index (χ3v) is 11.1. The summed E-state index contributed by atoms with van der Waals surface area (Å²) in [6.45, 7) is 10.1. The van der Waals surface area contributed by atoms with E-state index >= 15 is 0 Å². The van der Waals surface area contributed by atoms with Gasteiger partial charge in [0, 0.05) is 12.8 Å². The smallest absolute Gasteiger partial charge is 0.310 e. The highest BCUT2D eigenvalue weighted by molar-refractivity contribution is 5.83. The van der Waals surface area contributed by atoms with Crippen molar-refractivity contribution >= 4 is 23.9 Å². The van der Waals surface area contributed by atoms with Crippen molar-refractivity contribution in [3.63, 3.8) is 0 Å². The van der Waals surface area contributed by atoms with E-state index in [-0.39, 0.29) is 49.7 Å². The molecule has 302 valence electrons. The van der Waals surface area contributed by atoms with Gasteiger partial charge in [0.1, 0.15) is 38.1 Å². The molecule has 0 heterocycles. The average molecular weight is 751 g/mol. The van der Waals surface area contributed by atoms with Crippen LogP contribution in [-0.4, -0.2) is 82.9 Å². The highest BCUT2D eigenvalue weighted by Gasteiger charge is 2.39. The van der Waals surface area contributed by atoms with Crippen LogP contribution in [0.2, 0.25) is 0 Å². The Morgan fingerprint density at radius 2 is 1.09 bits per heavy atom. The molecule has 3 rings (SSSR count). The third kappa shape index (κ3) is 14.2. The topological polar surface area (TPSA) is 175 Å². The SMILES string of the molecule is CCC(C(=O)OCC(O)COC1=CCC(O)=CC1)C(CC)C(=O)OC1CCC(C2CCC(OC(=O)C(CC)C(CC)C(=O)OCC(C)(C)O)CC2)CC1. The second kappa shape index (κ2) is 21.7. The van der Waals surface area contributed by atoms with Crippen molar-refractivity contribution in [2.45, 2.75) is 155 Å². The second-order valence-electron chi connectivity index (χ2n) is 15.8. The first-order valence-electron chi connectivity index (χ1n) is 20.0. The van der Waals surface area contributed by atoms with Gasteiger partial charge in [-0.25, -0.2) is 0 Å². The Bertz CT molecular complexity index is 1240. The molecule has 0 spiro atoms. The molecular formula is C41H66O12. The lowest BCUT2D eigenvalue weighted by atomic mass is 9.72. The Hall–Kier alpha value is -3.12. The number of aliphatic hydroxyl groups is 3. The van der Waals surface area contributed by atoms with E-state index in [4.69, 9.17) is 23.7 Å². The van der Waals surface area contributed by atoms with Gasteiger partial charge >= 0.3 is 23.9 Å². The standard InChI is InChI=1S/C41H66O12/c1-7-33(37(44)50-24-29(43)23-49-30-21-15-28(42)16-22-30)35(9-3)39(46)52-31-17-11-26(12-18-31)27-13-19-32(20-14-27)53-40(47)36(10-4)34(8-2)38(45)51-25-41(5,6)48/h15,22,26-27,29,31-36,42-43,48H,7-14,16-21,23-25H2,1-6H3. The summed E-state index contributed by atoms with van der Waals surface area (Å²) in [6, 6.07) is 0. The van der Waals surface area contributed by atoms with Crippen molar-refractivity contribution in [1.29, 1.82) is 0 Å². The molecule has 2 fully saturated rings. The van der Waals surface area contributed by atoms with Gasteiger partial charge in [0.25, 0.3) is 0 Å². The molecule has 0 amide bonds. The molecule has 5 atom stereocenters. The van der Waals surface area contributed by atoms with Crippen LogP contribution in [-0.2, 0) is 42.9 Å². The molecule has 0 bridgehead atoms. The van der Waals surface area contributed by atoms with Crippen molar-refractivity contribution in [3.05, 3.63) is 23.7 Å². The van der Waals surface area contributed by atoms with Crippen molar-refractivity contribution in [2.75, 3.05) is 19.8 Å². The van der Waals surface area contributed by atoms with E-state index in [9.17, 15) is 34.5 Å². The minimum absolute atomic E-state index is 0.0499. The summed E-state index contributed by atoms with van der Waals surface area (Å²) in [4.78, 5) is 52.3. The van der Waals surface area contributed by atoms with Gasteiger partial charge < -0.3 is 39.0 Å². The lowest BCUT2D eigenvalue weighted by molar-refractivity contribution is -0.168. The van der Waals surface area contributed by atoms with Crippen molar-refractivity contribution in [2.24, 2.45) is 35.5 Å². The molecule has 0 saturated heterocycles. The number of ether oxygens (including phenoxy) is 5. The third-order valence-electron chi connectivity index (χ3n) is 11.1. The molecule has 12 heteroatoms. The molecular weight excluding hydrogens is 684 g/mol. The van der Waals surface area contributed by atoms with Crippen molar-refractivity contribution < 1.29 is 58.2 Å². The minimum Gasteiger partial charge on any atom is -0.512 e. The quantitative estimate of drug-likeness (QED) is 0.0894. The number of carbonyl (C=O) groups excluding carboxylic acids is 4. The van der Waals surface area contributed by atoms with Crippen LogP contribution < -0.4 is 0 Å². The van der Waals surface area contributed by atoms with E-state index in [2.05, 4.69) is 0 Å². The van der Waals surface area contributed by atoms with Crippen LogP contribution in [0.15, 0.2) is 23.7 Å². The zero-order valence-corrected chi connectivity index (χ0v) is 32.9. The molecule has 5 unspecified atom stereocenters. The zero-order chi connectivity index (χ0) is 39.1. The van der Waals surface area contributed by atoms with E-state index in [1.807, 2.05) is 27.7 Å². The van der Waals surface area contributed by atoms with Gasteiger partial charge in [-0.15, -0.1) is 0 Å². The summed E-state index contributed by atoms with van der Waals surface area (Å²) in [6.07, 6.45) is 11.4.